The maximum atomic E-state index is 9.78. The summed E-state index contributed by atoms with van der Waals surface area (Å²) in [4.78, 5) is 4.12. The normalized spacial score (nSPS) is 28.5. The van der Waals surface area contributed by atoms with E-state index in [0.29, 0.717) is 0 Å². The molecule has 1 fully saturated rings. The quantitative estimate of drug-likeness (QED) is 0.800. The van der Waals surface area contributed by atoms with Gasteiger partial charge in [0.25, 0.3) is 0 Å². The highest BCUT2D eigenvalue weighted by atomic mass is 32.2. The van der Waals surface area contributed by atoms with Crippen LogP contribution in [-0.4, -0.2) is 22.2 Å². The number of nitrogens with zero attached hydrogens (tertiary/aromatic N) is 4. The van der Waals surface area contributed by atoms with E-state index in [-0.39, 0.29) is 11.6 Å². The minimum atomic E-state index is -1.62. The van der Waals surface area contributed by atoms with Gasteiger partial charge in [-0.1, -0.05) is 12.1 Å². The topological polar surface area (TPSA) is 108 Å². The standard InChI is InChI=1S/C17H13N5S/c18-6-13-12-3-5-23-8-14(12)15(11-2-1-4-22-7-11)17(9-19,10-20)16(13)21/h1-4,7,13-15,21H,5,8H2/t13-,14+,15-/m0/s1. The number of pyridine rings is 1. The van der Waals surface area contributed by atoms with Gasteiger partial charge in [-0.2, -0.15) is 27.5 Å². The zero-order valence-corrected chi connectivity index (χ0v) is 13.0. The summed E-state index contributed by atoms with van der Waals surface area (Å²) in [7, 11) is 0. The lowest BCUT2D eigenvalue weighted by Gasteiger charge is -2.45. The largest absolute Gasteiger partial charge is 0.305 e. The minimum Gasteiger partial charge on any atom is -0.305 e. The maximum Gasteiger partial charge on any atom is 0.189 e. The van der Waals surface area contributed by atoms with Crippen LogP contribution in [0.15, 0.2) is 36.2 Å². The van der Waals surface area contributed by atoms with Crippen LogP contribution < -0.4 is 0 Å². The SMILES string of the molecule is N#C[C@@H]1C(=N)C(C#N)(C#N)[C@@H](c2cccnc2)[C@@H]2CSCC=C12. The monoisotopic (exact) mass is 319 g/mol. The molecule has 3 atom stereocenters. The molecule has 1 saturated carbocycles. The summed E-state index contributed by atoms with van der Waals surface area (Å²) in [5, 5.41) is 37.5. The molecule has 0 spiro atoms. The first-order chi connectivity index (χ1) is 11.2. The van der Waals surface area contributed by atoms with Crippen LogP contribution in [-0.2, 0) is 0 Å². The zero-order chi connectivity index (χ0) is 16.4. The highest BCUT2D eigenvalue weighted by Gasteiger charge is 2.57. The second-order valence-corrected chi connectivity index (χ2v) is 6.69. The smallest absolute Gasteiger partial charge is 0.189 e. The van der Waals surface area contributed by atoms with Crippen molar-refractivity contribution in [2.45, 2.75) is 5.92 Å². The Hall–Kier alpha value is -2.62. The fraction of sp³-hybridized carbons (Fsp3) is 0.353. The zero-order valence-electron chi connectivity index (χ0n) is 12.2. The molecule has 1 aromatic rings. The lowest BCUT2D eigenvalue weighted by atomic mass is 9.55. The summed E-state index contributed by atoms with van der Waals surface area (Å²) in [6.45, 7) is 0. The molecule has 1 aromatic heterocycles. The Balaban J connectivity index is 2.26. The number of allylic oxidation sites excluding steroid dienone is 1. The molecule has 1 aliphatic carbocycles. The maximum absolute atomic E-state index is 9.78. The number of hydrogen-bond acceptors (Lipinski definition) is 6. The molecule has 23 heavy (non-hydrogen) atoms. The van der Waals surface area contributed by atoms with Crippen molar-refractivity contribution in [2.24, 2.45) is 17.3 Å². The molecule has 112 valence electrons. The fourth-order valence-corrected chi connectivity index (χ4v) is 4.63. The second kappa shape index (κ2) is 5.88. The number of fused-ring (bicyclic) bond motifs is 1. The predicted octanol–water partition coefficient (Wildman–Crippen LogP) is 2.66. The van der Waals surface area contributed by atoms with Gasteiger partial charge < -0.3 is 5.41 Å². The summed E-state index contributed by atoms with van der Waals surface area (Å²) in [6, 6.07) is 9.87. The van der Waals surface area contributed by atoms with E-state index in [2.05, 4.69) is 23.2 Å². The summed E-state index contributed by atoms with van der Waals surface area (Å²) in [6.07, 6.45) is 5.29. The van der Waals surface area contributed by atoms with Crippen molar-refractivity contribution >= 4 is 17.5 Å². The van der Waals surface area contributed by atoms with E-state index in [4.69, 9.17) is 5.41 Å². The molecule has 0 saturated heterocycles. The first-order valence-electron chi connectivity index (χ1n) is 7.18. The Morgan fingerprint density at radius 3 is 2.70 bits per heavy atom. The number of aromatic nitrogens is 1. The summed E-state index contributed by atoms with van der Waals surface area (Å²) >= 11 is 1.72. The van der Waals surface area contributed by atoms with Crippen LogP contribution in [0.25, 0.3) is 0 Å². The summed E-state index contributed by atoms with van der Waals surface area (Å²) in [5.41, 5.74) is -0.0711. The molecular formula is C17H13N5S. The number of nitrogens with one attached hydrogen (secondary N) is 1. The van der Waals surface area contributed by atoms with Crippen molar-refractivity contribution in [3.05, 3.63) is 41.7 Å². The van der Waals surface area contributed by atoms with E-state index in [1.54, 1.807) is 30.2 Å². The van der Waals surface area contributed by atoms with E-state index in [1.807, 2.05) is 12.1 Å². The number of thioether (sulfide) groups is 1. The van der Waals surface area contributed by atoms with Gasteiger partial charge in [0.2, 0.25) is 0 Å². The molecule has 0 radical (unpaired) electrons. The number of rotatable bonds is 1. The van der Waals surface area contributed by atoms with E-state index in [0.717, 1.165) is 22.6 Å². The first-order valence-corrected chi connectivity index (χ1v) is 8.33. The Morgan fingerprint density at radius 2 is 2.09 bits per heavy atom. The Bertz CT molecular complexity index is 779. The van der Waals surface area contributed by atoms with E-state index in [1.165, 1.54) is 0 Å². The molecule has 5 nitrogen and oxygen atoms in total. The summed E-state index contributed by atoms with van der Waals surface area (Å²) < 4.78 is 0. The average Bonchev–Trinajstić information content (AvgIpc) is 2.61. The highest BCUT2D eigenvalue weighted by molar-refractivity contribution is 7.99. The first kappa shape index (κ1) is 15.3. The molecule has 0 unspecified atom stereocenters. The average molecular weight is 319 g/mol. The van der Waals surface area contributed by atoms with Crippen LogP contribution in [0.5, 0.6) is 0 Å². The van der Waals surface area contributed by atoms with Gasteiger partial charge in [-0.25, -0.2) is 0 Å². The van der Waals surface area contributed by atoms with Gasteiger partial charge in [-0.3, -0.25) is 4.98 Å². The van der Waals surface area contributed by atoms with Gasteiger partial charge >= 0.3 is 0 Å². The second-order valence-electron chi connectivity index (χ2n) is 5.62. The van der Waals surface area contributed by atoms with Crippen LogP contribution in [0, 0.1) is 56.7 Å². The fourth-order valence-electron chi connectivity index (χ4n) is 3.55. The van der Waals surface area contributed by atoms with Gasteiger partial charge in [0.05, 0.1) is 23.9 Å². The van der Waals surface area contributed by atoms with Crippen LogP contribution in [0.2, 0.25) is 0 Å². The third-order valence-electron chi connectivity index (χ3n) is 4.60. The van der Waals surface area contributed by atoms with Crippen LogP contribution in [0.1, 0.15) is 11.5 Å². The third kappa shape index (κ3) is 2.13. The van der Waals surface area contributed by atoms with Crippen molar-refractivity contribution < 1.29 is 0 Å². The van der Waals surface area contributed by atoms with Crippen LogP contribution >= 0.6 is 11.8 Å². The molecular weight excluding hydrogens is 306 g/mol. The summed E-state index contributed by atoms with van der Waals surface area (Å²) in [5.74, 6) is 0.178. The molecule has 6 heteroatoms. The number of hydrogen-bond donors (Lipinski definition) is 1. The van der Waals surface area contributed by atoms with Gasteiger partial charge in [0.1, 0.15) is 5.92 Å². The molecule has 2 aliphatic rings. The van der Waals surface area contributed by atoms with Crippen molar-refractivity contribution in [3.8, 4) is 18.2 Å². The van der Waals surface area contributed by atoms with E-state index >= 15 is 0 Å². The van der Waals surface area contributed by atoms with Gasteiger partial charge in [0.15, 0.2) is 5.41 Å². The van der Waals surface area contributed by atoms with Crippen molar-refractivity contribution in [1.29, 1.82) is 21.2 Å². The van der Waals surface area contributed by atoms with Crippen LogP contribution in [0.4, 0.5) is 0 Å². The lowest BCUT2D eigenvalue weighted by Crippen LogP contribution is -2.49. The van der Waals surface area contributed by atoms with Crippen molar-refractivity contribution in [1.82, 2.24) is 4.98 Å². The molecule has 1 aliphatic heterocycles. The van der Waals surface area contributed by atoms with E-state index < -0.39 is 17.3 Å². The molecule has 1 N–H and O–H groups in total. The molecule has 0 bridgehead atoms. The van der Waals surface area contributed by atoms with Gasteiger partial charge in [-0.05, 0) is 17.2 Å². The van der Waals surface area contributed by atoms with Gasteiger partial charge in [0, 0.05) is 35.7 Å². The molecule has 0 aromatic carbocycles. The number of nitriles is 3. The third-order valence-corrected chi connectivity index (χ3v) is 5.60. The van der Waals surface area contributed by atoms with Crippen molar-refractivity contribution in [3.63, 3.8) is 0 Å². The Morgan fingerprint density at radius 1 is 1.30 bits per heavy atom. The predicted molar refractivity (Wildman–Crippen MR) is 86.4 cm³/mol. The minimum absolute atomic E-state index is 0.101. The highest BCUT2D eigenvalue weighted by Crippen LogP contribution is 2.54. The van der Waals surface area contributed by atoms with Gasteiger partial charge in [-0.15, -0.1) is 0 Å². The molecule has 3 rings (SSSR count). The molecule has 2 heterocycles. The van der Waals surface area contributed by atoms with Crippen LogP contribution in [0.3, 0.4) is 0 Å². The lowest BCUT2D eigenvalue weighted by molar-refractivity contribution is 0.378. The van der Waals surface area contributed by atoms with Crippen molar-refractivity contribution in [2.75, 3.05) is 11.5 Å². The Kier molecular flexibility index (Phi) is 3.90. The Labute approximate surface area is 138 Å². The molecule has 0 amide bonds. The van der Waals surface area contributed by atoms with E-state index in [9.17, 15) is 15.8 Å².